The minimum atomic E-state index is 0.343. The summed E-state index contributed by atoms with van der Waals surface area (Å²) in [5.74, 6) is 1.40. The third-order valence-electron chi connectivity index (χ3n) is 3.84. The SMILES string of the molecule is CCC1CCCCC1OCC(=O)C1CC1. The Balaban J connectivity index is 1.73. The number of hydrogen-bond donors (Lipinski definition) is 0. The summed E-state index contributed by atoms with van der Waals surface area (Å²) < 4.78 is 5.80. The van der Waals surface area contributed by atoms with Crippen LogP contribution in [-0.2, 0) is 9.53 Å². The normalized spacial score (nSPS) is 31.5. The second kappa shape index (κ2) is 5.11. The van der Waals surface area contributed by atoms with Crippen LogP contribution < -0.4 is 0 Å². The van der Waals surface area contributed by atoms with Crippen molar-refractivity contribution >= 4 is 5.78 Å². The zero-order valence-electron chi connectivity index (χ0n) is 9.71. The Kier molecular flexibility index (Phi) is 3.79. The summed E-state index contributed by atoms with van der Waals surface area (Å²) in [7, 11) is 0. The molecule has 2 aliphatic rings. The minimum Gasteiger partial charge on any atom is -0.370 e. The average Bonchev–Trinajstić information content (AvgIpc) is 3.10. The van der Waals surface area contributed by atoms with Gasteiger partial charge in [0.25, 0.3) is 0 Å². The van der Waals surface area contributed by atoms with E-state index in [-0.39, 0.29) is 0 Å². The van der Waals surface area contributed by atoms with Gasteiger partial charge in [-0.25, -0.2) is 0 Å². The van der Waals surface area contributed by atoms with Crippen LogP contribution in [0.4, 0.5) is 0 Å². The van der Waals surface area contributed by atoms with Crippen molar-refractivity contribution in [3.05, 3.63) is 0 Å². The summed E-state index contributed by atoms with van der Waals surface area (Å²) in [6, 6.07) is 0. The van der Waals surface area contributed by atoms with Crippen LogP contribution in [0.2, 0.25) is 0 Å². The average molecular weight is 210 g/mol. The van der Waals surface area contributed by atoms with Crippen LogP contribution >= 0.6 is 0 Å². The van der Waals surface area contributed by atoms with E-state index in [0.717, 1.165) is 19.3 Å². The molecule has 0 radical (unpaired) electrons. The van der Waals surface area contributed by atoms with Crippen LogP contribution in [0.1, 0.15) is 51.9 Å². The van der Waals surface area contributed by atoms with Gasteiger partial charge in [-0.15, -0.1) is 0 Å². The Morgan fingerprint density at radius 3 is 2.60 bits per heavy atom. The van der Waals surface area contributed by atoms with Crippen LogP contribution in [0, 0.1) is 11.8 Å². The van der Waals surface area contributed by atoms with E-state index in [1.165, 1.54) is 25.7 Å². The van der Waals surface area contributed by atoms with Gasteiger partial charge in [0.05, 0.1) is 6.10 Å². The molecule has 0 aliphatic heterocycles. The van der Waals surface area contributed by atoms with Gasteiger partial charge in [-0.3, -0.25) is 4.79 Å². The molecule has 2 aliphatic carbocycles. The van der Waals surface area contributed by atoms with E-state index in [2.05, 4.69) is 6.92 Å². The highest BCUT2D eigenvalue weighted by Crippen LogP contribution is 2.32. The maximum Gasteiger partial charge on any atom is 0.161 e. The van der Waals surface area contributed by atoms with Gasteiger partial charge in [-0.2, -0.15) is 0 Å². The van der Waals surface area contributed by atoms with Crippen molar-refractivity contribution in [1.29, 1.82) is 0 Å². The first-order valence-electron chi connectivity index (χ1n) is 6.45. The standard InChI is InChI=1S/C13H22O2/c1-2-10-5-3-4-6-13(10)15-9-12(14)11-7-8-11/h10-11,13H,2-9H2,1H3. The maximum absolute atomic E-state index is 11.5. The van der Waals surface area contributed by atoms with Crippen LogP contribution in [0.25, 0.3) is 0 Å². The highest BCUT2D eigenvalue weighted by atomic mass is 16.5. The largest absolute Gasteiger partial charge is 0.370 e. The van der Waals surface area contributed by atoms with Crippen molar-refractivity contribution in [2.45, 2.75) is 58.0 Å². The smallest absolute Gasteiger partial charge is 0.161 e. The lowest BCUT2D eigenvalue weighted by Crippen LogP contribution is -2.29. The first-order valence-corrected chi connectivity index (χ1v) is 6.45. The molecule has 2 fully saturated rings. The molecule has 0 aromatic heterocycles. The lowest BCUT2D eigenvalue weighted by molar-refractivity contribution is -0.129. The van der Waals surface area contributed by atoms with Crippen molar-refractivity contribution < 1.29 is 9.53 Å². The first kappa shape index (κ1) is 11.1. The molecule has 2 rings (SSSR count). The monoisotopic (exact) mass is 210 g/mol. The highest BCUT2D eigenvalue weighted by molar-refractivity contribution is 5.84. The van der Waals surface area contributed by atoms with Crippen molar-refractivity contribution in [3.8, 4) is 0 Å². The number of carbonyl (C=O) groups is 1. The maximum atomic E-state index is 11.5. The van der Waals surface area contributed by atoms with E-state index in [1.54, 1.807) is 0 Å². The molecule has 0 bridgehead atoms. The Hall–Kier alpha value is -0.370. The van der Waals surface area contributed by atoms with Crippen LogP contribution in [0.3, 0.4) is 0 Å². The van der Waals surface area contributed by atoms with Gasteiger partial charge in [0, 0.05) is 5.92 Å². The third kappa shape index (κ3) is 3.04. The molecule has 0 heterocycles. The van der Waals surface area contributed by atoms with E-state index < -0.39 is 0 Å². The Morgan fingerprint density at radius 1 is 1.20 bits per heavy atom. The van der Waals surface area contributed by atoms with Crippen LogP contribution in [0.5, 0.6) is 0 Å². The summed E-state index contributed by atoms with van der Waals surface area (Å²) in [4.78, 5) is 11.5. The Morgan fingerprint density at radius 2 is 1.93 bits per heavy atom. The summed E-state index contributed by atoms with van der Waals surface area (Å²) in [6.45, 7) is 2.61. The fourth-order valence-electron chi connectivity index (χ4n) is 2.57. The van der Waals surface area contributed by atoms with Gasteiger partial charge >= 0.3 is 0 Å². The van der Waals surface area contributed by atoms with Crippen molar-refractivity contribution in [2.24, 2.45) is 11.8 Å². The van der Waals surface area contributed by atoms with Gasteiger partial charge in [-0.1, -0.05) is 26.2 Å². The highest BCUT2D eigenvalue weighted by Gasteiger charge is 2.31. The molecule has 0 aromatic carbocycles. The van der Waals surface area contributed by atoms with E-state index in [4.69, 9.17) is 4.74 Å². The van der Waals surface area contributed by atoms with E-state index in [1.807, 2.05) is 0 Å². The molecule has 0 spiro atoms. The topological polar surface area (TPSA) is 26.3 Å². The number of rotatable bonds is 5. The predicted molar refractivity (Wildman–Crippen MR) is 59.7 cm³/mol. The Bertz CT molecular complexity index is 221. The van der Waals surface area contributed by atoms with Gasteiger partial charge < -0.3 is 4.74 Å². The quantitative estimate of drug-likeness (QED) is 0.697. The molecule has 0 amide bonds. The molecular weight excluding hydrogens is 188 g/mol. The Labute approximate surface area is 92.4 Å². The first-order chi connectivity index (χ1) is 7.31. The summed E-state index contributed by atoms with van der Waals surface area (Å²) in [6.07, 6.45) is 8.84. The molecule has 15 heavy (non-hydrogen) atoms. The van der Waals surface area contributed by atoms with E-state index >= 15 is 0 Å². The lowest BCUT2D eigenvalue weighted by atomic mass is 9.85. The molecule has 86 valence electrons. The molecule has 2 unspecified atom stereocenters. The van der Waals surface area contributed by atoms with Crippen LogP contribution in [0.15, 0.2) is 0 Å². The van der Waals surface area contributed by atoms with Gasteiger partial charge in [0.2, 0.25) is 0 Å². The molecule has 2 saturated carbocycles. The fourth-order valence-corrected chi connectivity index (χ4v) is 2.57. The van der Waals surface area contributed by atoms with Crippen molar-refractivity contribution in [2.75, 3.05) is 6.61 Å². The molecule has 2 atom stereocenters. The predicted octanol–water partition coefficient (Wildman–Crippen LogP) is 2.95. The van der Waals surface area contributed by atoms with E-state index in [9.17, 15) is 4.79 Å². The number of ketones is 1. The molecule has 2 nitrogen and oxygen atoms in total. The molecule has 0 saturated heterocycles. The van der Waals surface area contributed by atoms with Crippen LogP contribution in [-0.4, -0.2) is 18.5 Å². The van der Waals surface area contributed by atoms with Crippen molar-refractivity contribution in [1.82, 2.24) is 0 Å². The number of Topliss-reactive ketones (excluding diaryl/α,β-unsaturated/α-hetero) is 1. The minimum absolute atomic E-state index is 0.343. The zero-order valence-corrected chi connectivity index (χ0v) is 9.71. The second-order valence-electron chi connectivity index (χ2n) is 5.04. The molecule has 0 N–H and O–H groups in total. The summed E-state index contributed by atoms with van der Waals surface area (Å²) >= 11 is 0. The second-order valence-corrected chi connectivity index (χ2v) is 5.04. The van der Waals surface area contributed by atoms with Crippen molar-refractivity contribution in [3.63, 3.8) is 0 Å². The fraction of sp³-hybridized carbons (Fsp3) is 0.923. The van der Waals surface area contributed by atoms with Gasteiger partial charge in [0.1, 0.15) is 6.61 Å². The zero-order chi connectivity index (χ0) is 10.7. The summed E-state index contributed by atoms with van der Waals surface area (Å²) in [5, 5.41) is 0. The number of carbonyl (C=O) groups excluding carboxylic acids is 1. The molecule has 2 heteroatoms. The lowest BCUT2D eigenvalue weighted by Gasteiger charge is -2.30. The number of ether oxygens (including phenoxy) is 1. The summed E-state index contributed by atoms with van der Waals surface area (Å²) in [5.41, 5.74) is 0. The molecular formula is C13H22O2. The third-order valence-corrected chi connectivity index (χ3v) is 3.84. The van der Waals surface area contributed by atoms with E-state index in [0.29, 0.717) is 30.3 Å². The van der Waals surface area contributed by atoms with Gasteiger partial charge in [-0.05, 0) is 31.6 Å². The van der Waals surface area contributed by atoms with Gasteiger partial charge in [0.15, 0.2) is 5.78 Å². The number of hydrogen-bond acceptors (Lipinski definition) is 2. The molecule has 0 aromatic rings.